The van der Waals surface area contributed by atoms with Crippen molar-refractivity contribution in [3.8, 4) is 0 Å². The fraction of sp³-hybridized carbons (Fsp3) is 0.857. The number of hydrogen-bond acceptors (Lipinski definition) is 4. The van der Waals surface area contributed by atoms with Crippen LogP contribution in [0.15, 0.2) is 12.3 Å². The second-order valence-electron chi connectivity index (χ2n) is 4.52. The zero-order valence-corrected chi connectivity index (χ0v) is 12.3. The lowest BCUT2D eigenvalue weighted by molar-refractivity contribution is 0.291. The van der Waals surface area contributed by atoms with Gasteiger partial charge < -0.3 is 21.3 Å². The van der Waals surface area contributed by atoms with E-state index in [0.29, 0.717) is 0 Å². The molecule has 18 heavy (non-hydrogen) atoms. The van der Waals surface area contributed by atoms with Gasteiger partial charge >= 0.3 is 0 Å². The quantitative estimate of drug-likeness (QED) is 0.551. The smallest absolute Gasteiger partial charge is 0.0184 e. The highest BCUT2D eigenvalue weighted by atomic mass is 15.1. The summed E-state index contributed by atoms with van der Waals surface area (Å²) in [6.07, 6.45) is 7.75. The second-order valence-corrected chi connectivity index (χ2v) is 4.52. The molecule has 0 aromatic carbocycles. The van der Waals surface area contributed by atoms with Crippen molar-refractivity contribution in [2.24, 2.45) is 11.5 Å². The van der Waals surface area contributed by atoms with Crippen LogP contribution in [0.4, 0.5) is 0 Å². The molecule has 0 fully saturated rings. The summed E-state index contributed by atoms with van der Waals surface area (Å²) in [6, 6.07) is 0. The number of hydrogen-bond donors (Lipinski definition) is 2. The van der Waals surface area contributed by atoms with E-state index >= 15 is 0 Å². The summed E-state index contributed by atoms with van der Waals surface area (Å²) >= 11 is 0. The summed E-state index contributed by atoms with van der Waals surface area (Å²) in [5.41, 5.74) is 11.1. The van der Waals surface area contributed by atoms with Crippen LogP contribution in [0.2, 0.25) is 0 Å². The molecule has 108 valence electrons. The van der Waals surface area contributed by atoms with Gasteiger partial charge in [-0.2, -0.15) is 0 Å². The minimum Gasteiger partial charge on any atom is -0.378 e. The molecule has 4 heteroatoms. The van der Waals surface area contributed by atoms with Crippen LogP contribution in [0.5, 0.6) is 0 Å². The van der Waals surface area contributed by atoms with Crippen LogP contribution in [-0.4, -0.2) is 55.6 Å². The standard InChI is InChI=1S/C14H32N4/c1-3-17(13-7-9-15)11-5-6-12-18(4-2)14-8-10-16/h5,11H,3-4,6-10,12-16H2,1-2H3. The van der Waals surface area contributed by atoms with Crippen molar-refractivity contribution in [1.82, 2.24) is 9.80 Å². The first kappa shape index (κ1) is 17.4. The Labute approximate surface area is 113 Å². The van der Waals surface area contributed by atoms with Crippen molar-refractivity contribution in [3.63, 3.8) is 0 Å². The van der Waals surface area contributed by atoms with E-state index in [1.165, 1.54) is 0 Å². The van der Waals surface area contributed by atoms with Gasteiger partial charge in [0, 0.05) is 19.6 Å². The molecule has 0 spiro atoms. The highest BCUT2D eigenvalue weighted by molar-refractivity contribution is 4.83. The van der Waals surface area contributed by atoms with Crippen LogP contribution >= 0.6 is 0 Å². The maximum Gasteiger partial charge on any atom is 0.0184 e. The molecule has 0 amide bonds. The highest BCUT2D eigenvalue weighted by Gasteiger charge is 1.99. The largest absolute Gasteiger partial charge is 0.378 e. The average Bonchev–Trinajstić information content (AvgIpc) is 2.41. The van der Waals surface area contributed by atoms with Crippen molar-refractivity contribution in [2.45, 2.75) is 33.1 Å². The molecule has 0 radical (unpaired) electrons. The Balaban J connectivity index is 3.76. The zero-order valence-electron chi connectivity index (χ0n) is 12.3. The lowest BCUT2D eigenvalue weighted by Crippen LogP contribution is -2.27. The molecule has 0 heterocycles. The Kier molecular flexibility index (Phi) is 12.5. The second kappa shape index (κ2) is 12.9. The molecule has 0 aliphatic carbocycles. The summed E-state index contributed by atoms with van der Waals surface area (Å²) in [7, 11) is 0. The van der Waals surface area contributed by atoms with E-state index in [2.05, 4.69) is 35.9 Å². The van der Waals surface area contributed by atoms with E-state index in [1.54, 1.807) is 0 Å². The van der Waals surface area contributed by atoms with Gasteiger partial charge in [-0.15, -0.1) is 0 Å². The van der Waals surface area contributed by atoms with Gasteiger partial charge in [0.25, 0.3) is 0 Å². The SMILES string of the molecule is CCN(C=CCCN(CC)CCCN)CCCN. The van der Waals surface area contributed by atoms with E-state index in [4.69, 9.17) is 11.5 Å². The van der Waals surface area contributed by atoms with Crippen molar-refractivity contribution < 1.29 is 0 Å². The predicted molar refractivity (Wildman–Crippen MR) is 80.5 cm³/mol. The van der Waals surface area contributed by atoms with Gasteiger partial charge in [0.2, 0.25) is 0 Å². The third-order valence-electron chi connectivity index (χ3n) is 3.11. The average molecular weight is 256 g/mol. The Morgan fingerprint density at radius 3 is 2.11 bits per heavy atom. The molecule has 0 rings (SSSR count). The predicted octanol–water partition coefficient (Wildman–Crippen LogP) is 1.23. The molecule has 0 aliphatic heterocycles. The highest BCUT2D eigenvalue weighted by Crippen LogP contribution is 1.97. The summed E-state index contributed by atoms with van der Waals surface area (Å²) in [6.45, 7) is 11.4. The maximum atomic E-state index is 5.53. The van der Waals surface area contributed by atoms with E-state index < -0.39 is 0 Å². The summed E-state index contributed by atoms with van der Waals surface area (Å²) in [5.74, 6) is 0. The molecule has 0 atom stereocenters. The first-order valence-electron chi connectivity index (χ1n) is 7.31. The molecule has 0 aromatic rings. The monoisotopic (exact) mass is 256 g/mol. The van der Waals surface area contributed by atoms with Crippen molar-refractivity contribution >= 4 is 0 Å². The molecule has 4 nitrogen and oxygen atoms in total. The Morgan fingerprint density at radius 1 is 0.889 bits per heavy atom. The van der Waals surface area contributed by atoms with Crippen LogP contribution in [0.3, 0.4) is 0 Å². The van der Waals surface area contributed by atoms with Crippen LogP contribution in [0.1, 0.15) is 33.1 Å². The zero-order chi connectivity index (χ0) is 13.6. The minimum atomic E-state index is 0.771. The Bertz CT molecular complexity index is 194. The summed E-state index contributed by atoms with van der Waals surface area (Å²) in [5, 5.41) is 0. The molecule has 0 aromatic heterocycles. The Hall–Kier alpha value is -0.580. The summed E-state index contributed by atoms with van der Waals surface area (Å²) < 4.78 is 0. The van der Waals surface area contributed by atoms with Crippen LogP contribution in [0.25, 0.3) is 0 Å². The number of rotatable bonds is 12. The summed E-state index contributed by atoms with van der Waals surface area (Å²) in [4.78, 5) is 4.77. The number of nitrogens with two attached hydrogens (primary N) is 2. The van der Waals surface area contributed by atoms with Gasteiger partial charge in [0.05, 0.1) is 0 Å². The van der Waals surface area contributed by atoms with E-state index in [-0.39, 0.29) is 0 Å². The first-order valence-corrected chi connectivity index (χ1v) is 7.31. The van der Waals surface area contributed by atoms with E-state index in [1.807, 2.05) is 0 Å². The van der Waals surface area contributed by atoms with Gasteiger partial charge in [-0.25, -0.2) is 0 Å². The molecule has 0 saturated carbocycles. The molecular weight excluding hydrogens is 224 g/mol. The molecule has 0 aliphatic rings. The van der Waals surface area contributed by atoms with Gasteiger partial charge in [-0.3, -0.25) is 0 Å². The molecule has 0 unspecified atom stereocenters. The van der Waals surface area contributed by atoms with E-state index in [9.17, 15) is 0 Å². The topological polar surface area (TPSA) is 58.5 Å². The third kappa shape index (κ3) is 9.45. The van der Waals surface area contributed by atoms with Gasteiger partial charge in [0.15, 0.2) is 0 Å². The van der Waals surface area contributed by atoms with Gasteiger partial charge in [-0.1, -0.05) is 13.0 Å². The molecule has 4 N–H and O–H groups in total. The van der Waals surface area contributed by atoms with Crippen molar-refractivity contribution in [1.29, 1.82) is 0 Å². The van der Waals surface area contributed by atoms with Crippen molar-refractivity contribution in [3.05, 3.63) is 12.3 Å². The van der Waals surface area contributed by atoms with Crippen molar-refractivity contribution in [2.75, 3.05) is 45.8 Å². The Morgan fingerprint density at radius 2 is 1.56 bits per heavy atom. The fourth-order valence-corrected chi connectivity index (χ4v) is 1.86. The lowest BCUT2D eigenvalue weighted by atomic mass is 10.3. The normalized spacial score (nSPS) is 11.6. The fourth-order valence-electron chi connectivity index (χ4n) is 1.86. The maximum absolute atomic E-state index is 5.53. The van der Waals surface area contributed by atoms with Crippen LogP contribution in [-0.2, 0) is 0 Å². The van der Waals surface area contributed by atoms with Gasteiger partial charge in [-0.05, 0) is 58.6 Å². The van der Waals surface area contributed by atoms with Crippen LogP contribution < -0.4 is 11.5 Å². The van der Waals surface area contributed by atoms with Gasteiger partial charge in [0.1, 0.15) is 0 Å². The molecule has 0 bridgehead atoms. The first-order chi connectivity index (χ1) is 8.78. The van der Waals surface area contributed by atoms with Crippen LogP contribution in [0, 0.1) is 0 Å². The molecular formula is C14H32N4. The lowest BCUT2D eigenvalue weighted by Gasteiger charge is -2.20. The minimum absolute atomic E-state index is 0.771. The molecule has 0 saturated heterocycles. The van der Waals surface area contributed by atoms with E-state index in [0.717, 1.165) is 65.1 Å². The third-order valence-corrected chi connectivity index (χ3v) is 3.11. The number of nitrogens with zero attached hydrogens (tertiary/aromatic N) is 2.